The Bertz CT molecular complexity index is 1140. The summed E-state index contributed by atoms with van der Waals surface area (Å²) in [6.45, 7) is 6.33. The molecule has 190 valence electrons. The molecule has 3 heterocycles. The number of carbonyl (C=O) groups excluding carboxylic acids is 1. The fourth-order valence-corrected chi connectivity index (χ4v) is 5.42. The Kier molecular flexibility index (Phi) is 6.59. The lowest BCUT2D eigenvalue weighted by Gasteiger charge is -2.44. The number of alkyl halides is 2. The van der Waals surface area contributed by atoms with Crippen LogP contribution in [-0.2, 0) is 4.79 Å². The molecule has 0 aromatic carbocycles. The second kappa shape index (κ2) is 9.20. The molecule has 35 heavy (non-hydrogen) atoms. The molecule has 10 heteroatoms. The average Bonchev–Trinajstić information content (AvgIpc) is 3.41. The van der Waals surface area contributed by atoms with Crippen LogP contribution in [0.1, 0.15) is 59.1 Å². The summed E-state index contributed by atoms with van der Waals surface area (Å²) in [5, 5.41) is 14.4. The Balaban J connectivity index is 1.61. The van der Waals surface area contributed by atoms with Crippen molar-refractivity contribution in [3.05, 3.63) is 36.3 Å². The second-order valence-corrected chi connectivity index (χ2v) is 10.7. The molecule has 8 nitrogen and oxygen atoms in total. The number of carboxylic acid groups (broad SMARTS) is 1. The number of carbonyl (C=O) groups is 2. The Labute approximate surface area is 203 Å². The van der Waals surface area contributed by atoms with Gasteiger partial charge in [-0.05, 0) is 69.6 Å². The van der Waals surface area contributed by atoms with Gasteiger partial charge in [0, 0.05) is 18.5 Å². The molecule has 0 radical (unpaired) electrons. The fraction of sp³-hybridized carbons (Fsp3) is 0.600. The van der Waals surface area contributed by atoms with Gasteiger partial charge in [-0.3, -0.25) is 9.69 Å². The van der Waals surface area contributed by atoms with E-state index in [1.807, 2.05) is 25.1 Å². The van der Waals surface area contributed by atoms with E-state index in [1.54, 1.807) is 25.3 Å². The number of aromatic nitrogens is 3. The monoisotopic (exact) mass is 489 g/mol. The Morgan fingerprint density at radius 1 is 1.29 bits per heavy atom. The number of allylic oxidation sites excluding steroid dienone is 2. The molecule has 0 spiro atoms. The zero-order chi connectivity index (χ0) is 25.5. The number of rotatable bonds is 5. The lowest BCUT2D eigenvalue weighted by Crippen LogP contribution is -2.60. The molecule has 1 N–H and O–H groups in total. The van der Waals surface area contributed by atoms with Gasteiger partial charge in [-0.25, -0.2) is 23.1 Å². The van der Waals surface area contributed by atoms with Crippen molar-refractivity contribution in [1.29, 1.82) is 0 Å². The third-order valence-corrected chi connectivity index (χ3v) is 7.27. The molecular weight excluding hydrogens is 456 g/mol. The smallest absolute Gasteiger partial charge is 0.408 e. The van der Waals surface area contributed by atoms with Gasteiger partial charge in [0.1, 0.15) is 12.4 Å². The standard InChI is InChI=1S/C25H33F2N5O3/c1-16(17-8-10-18(11-9-17)19-6-5-7-20-28-15-29-32(19)20)21(31(23(34)35)24(2,3)4)22(33)30-13-12-25(26,27)14-30/h5-7,10,15-17,21H,8-9,11-14H2,1-4H3,(H,34,35)/t16-,17?,21-/m0/s1. The van der Waals surface area contributed by atoms with E-state index in [9.17, 15) is 23.5 Å². The van der Waals surface area contributed by atoms with Crippen LogP contribution in [0.5, 0.6) is 0 Å². The highest BCUT2D eigenvalue weighted by atomic mass is 19.3. The van der Waals surface area contributed by atoms with Crippen molar-refractivity contribution >= 4 is 23.2 Å². The third-order valence-electron chi connectivity index (χ3n) is 7.27. The van der Waals surface area contributed by atoms with Crippen molar-refractivity contribution in [3.63, 3.8) is 0 Å². The Morgan fingerprint density at radius 3 is 2.60 bits per heavy atom. The molecule has 1 fully saturated rings. The minimum Gasteiger partial charge on any atom is -0.465 e. The molecule has 1 aliphatic carbocycles. The average molecular weight is 490 g/mol. The first kappa shape index (κ1) is 25.1. The largest absolute Gasteiger partial charge is 0.465 e. The van der Waals surface area contributed by atoms with Gasteiger partial charge in [0.05, 0.1) is 12.2 Å². The van der Waals surface area contributed by atoms with Crippen LogP contribution in [0, 0.1) is 11.8 Å². The lowest BCUT2D eigenvalue weighted by molar-refractivity contribution is -0.141. The van der Waals surface area contributed by atoms with Gasteiger partial charge < -0.3 is 10.0 Å². The summed E-state index contributed by atoms with van der Waals surface area (Å²) in [5.41, 5.74) is 1.97. The number of halogens is 2. The lowest BCUT2D eigenvalue weighted by atomic mass is 9.76. The minimum atomic E-state index is -2.94. The first-order chi connectivity index (χ1) is 16.4. The van der Waals surface area contributed by atoms with Crippen molar-refractivity contribution in [2.45, 2.75) is 70.9 Å². The van der Waals surface area contributed by atoms with Gasteiger partial charge in [0.15, 0.2) is 5.65 Å². The normalized spacial score (nSPS) is 22.1. The van der Waals surface area contributed by atoms with Crippen LogP contribution in [0.3, 0.4) is 0 Å². The summed E-state index contributed by atoms with van der Waals surface area (Å²) >= 11 is 0. The van der Waals surface area contributed by atoms with E-state index in [2.05, 4.69) is 16.2 Å². The molecule has 1 saturated heterocycles. The molecule has 1 unspecified atom stereocenters. The predicted octanol–water partition coefficient (Wildman–Crippen LogP) is 4.56. The number of fused-ring (bicyclic) bond motifs is 1. The van der Waals surface area contributed by atoms with Gasteiger partial charge in [0.2, 0.25) is 5.91 Å². The zero-order valence-electron chi connectivity index (χ0n) is 20.6. The molecular formula is C25H33F2N5O3. The number of hydrogen-bond acceptors (Lipinski definition) is 4. The van der Waals surface area contributed by atoms with Crippen LogP contribution < -0.4 is 0 Å². The highest BCUT2D eigenvalue weighted by Crippen LogP contribution is 2.39. The highest BCUT2D eigenvalue weighted by Gasteiger charge is 2.48. The topological polar surface area (TPSA) is 91.0 Å². The van der Waals surface area contributed by atoms with Crippen LogP contribution in [-0.4, -0.2) is 72.1 Å². The maximum Gasteiger partial charge on any atom is 0.408 e. The van der Waals surface area contributed by atoms with Crippen molar-refractivity contribution in [3.8, 4) is 0 Å². The molecule has 0 saturated carbocycles. The summed E-state index contributed by atoms with van der Waals surface area (Å²) in [6.07, 6.45) is 4.14. The maximum atomic E-state index is 13.9. The molecule has 0 bridgehead atoms. The maximum absolute atomic E-state index is 13.9. The van der Waals surface area contributed by atoms with Crippen molar-refractivity contribution in [1.82, 2.24) is 24.4 Å². The summed E-state index contributed by atoms with van der Waals surface area (Å²) in [6, 6.07) is 4.77. The van der Waals surface area contributed by atoms with E-state index in [4.69, 9.17) is 0 Å². The van der Waals surface area contributed by atoms with E-state index < -0.39 is 42.5 Å². The van der Waals surface area contributed by atoms with Crippen LogP contribution in [0.25, 0.3) is 11.2 Å². The predicted molar refractivity (Wildman–Crippen MR) is 127 cm³/mol. The van der Waals surface area contributed by atoms with Crippen LogP contribution in [0.15, 0.2) is 30.6 Å². The molecule has 3 atom stereocenters. The Morgan fingerprint density at radius 2 is 2.03 bits per heavy atom. The Hall–Kier alpha value is -3.04. The molecule has 2 aromatic heterocycles. The highest BCUT2D eigenvalue weighted by molar-refractivity contribution is 5.86. The first-order valence-electron chi connectivity index (χ1n) is 12.1. The van der Waals surface area contributed by atoms with E-state index in [1.165, 1.54) is 6.33 Å². The first-order valence-corrected chi connectivity index (χ1v) is 12.1. The van der Waals surface area contributed by atoms with Gasteiger partial charge in [-0.1, -0.05) is 19.1 Å². The van der Waals surface area contributed by atoms with Gasteiger partial charge >= 0.3 is 6.09 Å². The van der Waals surface area contributed by atoms with Crippen LogP contribution >= 0.6 is 0 Å². The number of amides is 2. The van der Waals surface area contributed by atoms with Gasteiger partial charge in [-0.2, -0.15) is 5.10 Å². The molecule has 2 aromatic rings. The molecule has 2 amide bonds. The summed E-state index contributed by atoms with van der Waals surface area (Å²) in [4.78, 5) is 32.4. The van der Waals surface area contributed by atoms with E-state index in [0.717, 1.165) is 39.6 Å². The molecule has 4 rings (SSSR count). The van der Waals surface area contributed by atoms with E-state index >= 15 is 0 Å². The second-order valence-electron chi connectivity index (χ2n) is 10.7. The van der Waals surface area contributed by atoms with E-state index in [-0.39, 0.29) is 18.4 Å². The molecule has 2 aliphatic rings. The van der Waals surface area contributed by atoms with Crippen molar-refractivity contribution < 1.29 is 23.5 Å². The van der Waals surface area contributed by atoms with Crippen molar-refractivity contribution in [2.24, 2.45) is 11.8 Å². The van der Waals surface area contributed by atoms with E-state index in [0.29, 0.717) is 6.42 Å². The van der Waals surface area contributed by atoms with Crippen molar-refractivity contribution in [2.75, 3.05) is 13.1 Å². The number of hydrogen-bond donors (Lipinski definition) is 1. The quantitative estimate of drug-likeness (QED) is 0.665. The zero-order valence-corrected chi connectivity index (χ0v) is 20.6. The summed E-state index contributed by atoms with van der Waals surface area (Å²) < 4.78 is 29.6. The van der Waals surface area contributed by atoms with Gasteiger partial charge in [0.25, 0.3) is 5.92 Å². The number of pyridine rings is 1. The minimum absolute atomic E-state index is 0.0231. The molecule has 1 aliphatic heterocycles. The third kappa shape index (κ3) is 5.01. The SMILES string of the molecule is C[C@@H](C1CC=C(c2cccc3ncnn23)CC1)[C@@H](C(=O)N1CCC(F)(F)C1)N(C(=O)O)C(C)(C)C. The van der Waals surface area contributed by atoms with Crippen LogP contribution in [0.2, 0.25) is 0 Å². The van der Waals surface area contributed by atoms with Crippen LogP contribution in [0.4, 0.5) is 13.6 Å². The number of nitrogens with zero attached hydrogens (tertiary/aromatic N) is 5. The fourth-order valence-electron chi connectivity index (χ4n) is 5.42. The summed E-state index contributed by atoms with van der Waals surface area (Å²) in [5.74, 6) is -3.81. The van der Waals surface area contributed by atoms with Gasteiger partial charge in [-0.15, -0.1) is 0 Å². The summed E-state index contributed by atoms with van der Waals surface area (Å²) in [7, 11) is 0. The number of likely N-dealkylation sites (tertiary alicyclic amines) is 1.